The normalized spacial score (nSPS) is 11.0. The van der Waals surface area contributed by atoms with E-state index in [0.29, 0.717) is 24.2 Å². The summed E-state index contributed by atoms with van der Waals surface area (Å²) in [5.41, 5.74) is 1.19. The van der Waals surface area contributed by atoms with E-state index in [2.05, 4.69) is 15.4 Å². The molecule has 2 rings (SSSR count). The Morgan fingerprint density at radius 1 is 0.962 bits per heavy atom. The van der Waals surface area contributed by atoms with Crippen molar-refractivity contribution in [2.24, 2.45) is 0 Å². The zero-order valence-corrected chi connectivity index (χ0v) is 15.4. The molecule has 0 spiro atoms. The van der Waals surface area contributed by atoms with Gasteiger partial charge in [-0.15, -0.1) is 0 Å². The summed E-state index contributed by atoms with van der Waals surface area (Å²) in [4.78, 5) is 23.9. The maximum Gasteiger partial charge on any atom is 0.255 e. The zero-order chi connectivity index (χ0) is 19.2. The van der Waals surface area contributed by atoms with Crippen molar-refractivity contribution in [2.45, 2.75) is 18.2 Å². The van der Waals surface area contributed by atoms with Crippen LogP contribution in [0.2, 0.25) is 0 Å². The maximum atomic E-state index is 12.4. The van der Waals surface area contributed by atoms with Crippen LogP contribution < -0.4 is 15.4 Å². The van der Waals surface area contributed by atoms with Gasteiger partial charge in [0.25, 0.3) is 11.8 Å². The lowest BCUT2D eigenvalue weighted by Gasteiger charge is -2.09. The molecule has 8 heteroatoms. The van der Waals surface area contributed by atoms with Crippen LogP contribution in [0.3, 0.4) is 0 Å². The van der Waals surface area contributed by atoms with Gasteiger partial charge in [0.2, 0.25) is 10.0 Å². The van der Waals surface area contributed by atoms with Crippen LogP contribution in [0, 0.1) is 0 Å². The predicted molar refractivity (Wildman–Crippen MR) is 99.7 cm³/mol. The number of amides is 2. The van der Waals surface area contributed by atoms with E-state index < -0.39 is 15.9 Å². The summed E-state index contributed by atoms with van der Waals surface area (Å²) in [7, 11) is -2.11. The molecular weight excluding hydrogens is 354 g/mol. The van der Waals surface area contributed by atoms with Crippen LogP contribution in [0.1, 0.15) is 34.1 Å². The molecule has 0 heterocycles. The highest BCUT2D eigenvalue weighted by Gasteiger charge is 2.15. The molecule has 0 saturated carbocycles. The van der Waals surface area contributed by atoms with Gasteiger partial charge in [-0.1, -0.05) is 13.0 Å². The Balaban J connectivity index is 2.15. The average molecular weight is 375 g/mol. The largest absolute Gasteiger partial charge is 0.355 e. The summed E-state index contributed by atoms with van der Waals surface area (Å²) in [6.07, 6.45) is 0.672. The van der Waals surface area contributed by atoms with Gasteiger partial charge < -0.3 is 10.6 Å². The lowest BCUT2D eigenvalue weighted by atomic mass is 10.1. The Hall–Kier alpha value is -2.71. The first-order valence-corrected chi connectivity index (χ1v) is 9.59. The molecule has 0 saturated heterocycles. The van der Waals surface area contributed by atoms with E-state index in [0.717, 1.165) is 0 Å². The molecule has 3 N–H and O–H groups in total. The van der Waals surface area contributed by atoms with Crippen LogP contribution in [0.5, 0.6) is 0 Å². The minimum atomic E-state index is -3.64. The fraction of sp³-hybridized carbons (Fsp3) is 0.222. The van der Waals surface area contributed by atoms with Gasteiger partial charge >= 0.3 is 0 Å². The predicted octanol–water partition coefficient (Wildman–Crippen LogP) is 1.99. The molecule has 0 aliphatic rings. The second-order valence-electron chi connectivity index (χ2n) is 5.54. The molecule has 0 bridgehead atoms. The van der Waals surface area contributed by atoms with Crippen molar-refractivity contribution in [2.75, 3.05) is 18.9 Å². The molecule has 26 heavy (non-hydrogen) atoms. The van der Waals surface area contributed by atoms with Crippen LogP contribution in [-0.4, -0.2) is 33.8 Å². The molecule has 0 atom stereocenters. The molecule has 2 aromatic carbocycles. The lowest BCUT2D eigenvalue weighted by molar-refractivity contribution is 0.0962. The van der Waals surface area contributed by atoms with E-state index in [1.54, 1.807) is 24.3 Å². The third-order valence-electron chi connectivity index (χ3n) is 3.58. The van der Waals surface area contributed by atoms with E-state index in [9.17, 15) is 18.0 Å². The molecule has 0 fully saturated rings. The Morgan fingerprint density at radius 2 is 1.65 bits per heavy atom. The van der Waals surface area contributed by atoms with Crippen molar-refractivity contribution in [3.63, 3.8) is 0 Å². The molecule has 0 aromatic heterocycles. The average Bonchev–Trinajstić information content (AvgIpc) is 2.66. The molecule has 0 aliphatic carbocycles. The van der Waals surface area contributed by atoms with Crippen LogP contribution in [0.4, 0.5) is 5.69 Å². The number of benzene rings is 2. The Bertz CT molecular complexity index is 893. The quantitative estimate of drug-likeness (QED) is 0.688. The topological polar surface area (TPSA) is 104 Å². The minimum absolute atomic E-state index is 0.0357. The van der Waals surface area contributed by atoms with E-state index in [4.69, 9.17) is 0 Å². The van der Waals surface area contributed by atoms with Crippen molar-refractivity contribution in [3.05, 3.63) is 59.7 Å². The Labute approximate surface area is 152 Å². The molecule has 0 aliphatic heterocycles. The summed E-state index contributed by atoms with van der Waals surface area (Å²) in [6.45, 7) is 2.19. The van der Waals surface area contributed by atoms with Gasteiger partial charge in [-0.25, -0.2) is 13.1 Å². The molecule has 0 radical (unpaired) electrons. The standard InChI is InChI=1S/C18H21N3O4S/c1-3-11-20-26(24,25)16-6-4-5-14(12-16)18(23)21-15-9-7-13(8-10-15)17(22)19-2/h4-10,12,20H,3,11H2,1-2H3,(H,19,22)(H,21,23). The van der Waals surface area contributed by atoms with Crippen LogP contribution in [0.15, 0.2) is 53.4 Å². The highest BCUT2D eigenvalue weighted by atomic mass is 32.2. The lowest BCUT2D eigenvalue weighted by Crippen LogP contribution is -2.24. The molecule has 2 amide bonds. The number of sulfonamides is 1. The zero-order valence-electron chi connectivity index (χ0n) is 14.6. The van der Waals surface area contributed by atoms with Crippen molar-refractivity contribution >= 4 is 27.5 Å². The fourth-order valence-electron chi connectivity index (χ4n) is 2.18. The monoisotopic (exact) mass is 375 g/mol. The third kappa shape index (κ3) is 4.90. The van der Waals surface area contributed by atoms with Crippen LogP contribution in [-0.2, 0) is 10.0 Å². The number of carbonyl (C=O) groups excluding carboxylic acids is 2. The first-order chi connectivity index (χ1) is 12.4. The number of hydrogen-bond acceptors (Lipinski definition) is 4. The minimum Gasteiger partial charge on any atom is -0.355 e. The summed E-state index contributed by atoms with van der Waals surface area (Å²) in [5.74, 6) is -0.661. The van der Waals surface area contributed by atoms with Crippen molar-refractivity contribution < 1.29 is 18.0 Å². The van der Waals surface area contributed by atoms with Crippen molar-refractivity contribution in [1.29, 1.82) is 0 Å². The second kappa shape index (κ2) is 8.59. The number of anilines is 1. The van der Waals surface area contributed by atoms with E-state index in [1.165, 1.54) is 31.3 Å². The second-order valence-corrected chi connectivity index (χ2v) is 7.30. The van der Waals surface area contributed by atoms with E-state index in [1.807, 2.05) is 6.92 Å². The molecular formula is C18H21N3O4S. The molecule has 2 aromatic rings. The smallest absolute Gasteiger partial charge is 0.255 e. The fourth-order valence-corrected chi connectivity index (χ4v) is 3.36. The Kier molecular flexibility index (Phi) is 6.48. The van der Waals surface area contributed by atoms with Crippen molar-refractivity contribution in [1.82, 2.24) is 10.0 Å². The molecule has 138 valence electrons. The molecule has 7 nitrogen and oxygen atoms in total. The van der Waals surface area contributed by atoms with Gasteiger partial charge in [0.05, 0.1) is 4.90 Å². The van der Waals surface area contributed by atoms with E-state index in [-0.39, 0.29) is 16.4 Å². The van der Waals surface area contributed by atoms with Crippen LogP contribution >= 0.6 is 0 Å². The maximum absolute atomic E-state index is 12.4. The third-order valence-corrected chi connectivity index (χ3v) is 5.04. The number of rotatable bonds is 7. The Morgan fingerprint density at radius 3 is 2.27 bits per heavy atom. The van der Waals surface area contributed by atoms with Gasteiger partial charge in [-0.05, 0) is 48.9 Å². The van der Waals surface area contributed by atoms with Gasteiger partial charge in [0.15, 0.2) is 0 Å². The number of carbonyl (C=O) groups is 2. The van der Waals surface area contributed by atoms with Gasteiger partial charge in [-0.2, -0.15) is 0 Å². The van der Waals surface area contributed by atoms with E-state index >= 15 is 0 Å². The number of nitrogens with one attached hydrogen (secondary N) is 3. The van der Waals surface area contributed by atoms with Crippen LogP contribution in [0.25, 0.3) is 0 Å². The highest BCUT2D eigenvalue weighted by Crippen LogP contribution is 2.15. The highest BCUT2D eigenvalue weighted by molar-refractivity contribution is 7.89. The summed E-state index contributed by atoms with van der Waals surface area (Å²) < 4.78 is 26.8. The van der Waals surface area contributed by atoms with Crippen molar-refractivity contribution in [3.8, 4) is 0 Å². The van der Waals surface area contributed by atoms with Gasteiger partial charge in [0, 0.05) is 30.4 Å². The van der Waals surface area contributed by atoms with Gasteiger partial charge in [-0.3, -0.25) is 9.59 Å². The molecule has 0 unspecified atom stereocenters. The van der Waals surface area contributed by atoms with Gasteiger partial charge in [0.1, 0.15) is 0 Å². The summed E-state index contributed by atoms with van der Waals surface area (Å²) >= 11 is 0. The summed E-state index contributed by atoms with van der Waals surface area (Å²) in [5, 5.41) is 5.19. The number of hydrogen-bond donors (Lipinski definition) is 3. The first-order valence-electron chi connectivity index (χ1n) is 8.10. The SMILES string of the molecule is CCCNS(=O)(=O)c1cccc(C(=O)Nc2ccc(C(=O)NC)cc2)c1. The summed E-state index contributed by atoms with van der Waals surface area (Å²) in [6, 6.07) is 12.2. The first kappa shape index (κ1) is 19.6.